The van der Waals surface area contributed by atoms with Crippen LogP contribution in [0.2, 0.25) is 10.2 Å². The quantitative estimate of drug-likeness (QED) is 0.623. The highest BCUT2D eigenvalue weighted by Crippen LogP contribution is 2.27. The van der Waals surface area contributed by atoms with Crippen LogP contribution >= 0.6 is 23.2 Å². The van der Waals surface area contributed by atoms with Gasteiger partial charge in [-0.05, 0) is 19.1 Å². The molecule has 0 amide bonds. The molecule has 21 heavy (non-hydrogen) atoms. The number of carbonyl (C=O) groups excluding carboxylic acids is 1. The molecule has 0 bridgehead atoms. The Kier molecular flexibility index (Phi) is 5.47. The fraction of sp³-hybridized carbons (Fsp3) is 0.286. The molecule has 0 fully saturated rings. The van der Waals surface area contributed by atoms with E-state index in [2.05, 4.69) is 15.0 Å². The molecule has 2 rings (SSSR count). The topological polar surface area (TPSA) is 65.0 Å². The van der Waals surface area contributed by atoms with Crippen LogP contribution in [0.3, 0.4) is 0 Å². The summed E-state index contributed by atoms with van der Waals surface area (Å²) in [6, 6.07) is 3.60. The number of hydrogen-bond acceptors (Lipinski definition) is 5. The summed E-state index contributed by atoms with van der Waals surface area (Å²) in [5.41, 5.74) is 1.25. The molecule has 0 atom stereocenters. The van der Waals surface area contributed by atoms with Crippen molar-refractivity contribution >= 4 is 29.2 Å². The van der Waals surface area contributed by atoms with Gasteiger partial charge in [-0.1, -0.05) is 23.2 Å². The van der Waals surface area contributed by atoms with Crippen LogP contribution in [0, 0.1) is 0 Å². The highest BCUT2D eigenvalue weighted by Gasteiger charge is 2.14. The van der Waals surface area contributed by atoms with Gasteiger partial charge in [0.05, 0.1) is 23.7 Å². The van der Waals surface area contributed by atoms with Crippen LogP contribution in [0.5, 0.6) is 0 Å². The zero-order chi connectivity index (χ0) is 15.2. The average molecular weight is 326 g/mol. The molecule has 2 heterocycles. The molecule has 0 unspecified atom stereocenters. The van der Waals surface area contributed by atoms with Crippen LogP contribution < -0.4 is 0 Å². The predicted molar refractivity (Wildman–Crippen MR) is 80.2 cm³/mol. The van der Waals surface area contributed by atoms with E-state index in [0.29, 0.717) is 24.5 Å². The molecule has 0 aliphatic heterocycles. The maximum Gasteiger partial charge on any atom is 0.306 e. The van der Waals surface area contributed by atoms with Crippen LogP contribution in [0.4, 0.5) is 0 Å². The molecule has 110 valence electrons. The third kappa shape index (κ3) is 4.12. The van der Waals surface area contributed by atoms with E-state index < -0.39 is 0 Å². The van der Waals surface area contributed by atoms with Crippen LogP contribution in [0.1, 0.15) is 19.0 Å². The Morgan fingerprint density at radius 3 is 2.81 bits per heavy atom. The minimum Gasteiger partial charge on any atom is -0.466 e. The molecule has 5 nitrogen and oxygen atoms in total. The highest BCUT2D eigenvalue weighted by molar-refractivity contribution is 6.41. The van der Waals surface area contributed by atoms with Crippen molar-refractivity contribution in [3.05, 3.63) is 40.4 Å². The third-order valence-corrected chi connectivity index (χ3v) is 3.44. The zero-order valence-electron chi connectivity index (χ0n) is 11.3. The molecule has 0 saturated carbocycles. The van der Waals surface area contributed by atoms with Crippen LogP contribution in [0.25, 0.3) is 11.4 Å². The third-order valence-electron chi connectivity index (χ3n) is 2.67. The van der Waals surface area contributed by atoms with Gasteiger partial charge in [0.2, 0.25) is 0 Å². The molecule has 0 spiro atoms. The van der Waals surface area contributed by atoms with E-state index in [9.17, 15) is 4.79 Å². The van der Waals surface area contributed by atoms with E-state index in [4.69, 9.17) is 27.9 Å². The van der Waals surface area contributed by atoms with Crippen LogP contribution in [-0.4, -0.2) is 27.5 Å². The lowest BCUT2D eigenvalue weighted by Gasteiger charge is -2.08. The molecule has 0 aliphatic rings. The number of carbonyl (C=O) groups is 1. The largest absolute Gasteiger partial charge is 0.466 e. The Balaban J connectivity index is 2.25. The summed E-state index contributed by atoms with van der Waals surface area (Å²) in [6.07, 6.45) is 3.82. The average Bonchev–Trinajstić information content (AvgIpc) is 2.50. The first-order chi connectivity index (χ1) is 10.1. The van der Waals surface area contributed by atoms with Crippen LogP contribution in [0.15, 0.2) is 24.5 Å². The van der Waals surface area contributed by atoms with Gasteiger partial charge in [0.15, 0.2) is 11.0 Å². The second-order valence-corrected chi connectivity index (χ2v) is 4.88. The Labute approximate surface area is 132 Å². The summed E-state index contributed by atoms with van der Waals surface area (Å²) in [7, 11) is 0. The molecule has 2 aromatic rings. The van der Waals surface area contributed by atoms with Gasteiger partial charge in [-0.3, -0.25) is 9.78 Å². The van der Waals surface area contributed by atoms with Crippen molar-refractivity contribution in [2.24, 2.45) is 0 Å². The summed E-state index contributed by atoms with van der Waals surface area (Å²) >= 11 is 12.1. The van der Waals surface area contributed by atoms with E-state index in [1.165, 1.54) is 0 Å². The summed E-state index contributed by atoms with van der Waals surface area (Å²) in [5, 5.41) is 0.415. The summed E-state index contributed by atoms with van der Waals surface area (Å²) in [4.78, 5) is 23.9. The van der Waals surface area contributed by atoms with E-state index in [1.807, 2.05) is 6.07 Å². The van der Waals surface area contributed by atoms with Gasteiger partial charge in [-0.25, -0.2) is 9.97 Å². The summed E-state index contributed by atoms with van der Waals surface area (Å²) in [5.74, 6) is 0.127. The van der Waals surface area contributed by atoms with Gasteiger partial charge in [0.25, 0.3) is 0 Å². The number of nitrogens with zero attached hydrogens (tertiary/aromatic N) is 3. The molecule has 0 aromatic carbocycles. The smallest absolute Gasteiger partial charge is 0.306 e. The van der Waals surface area contributed by atoms with Gasteiger partial charge >= 0.3 is 5.97 Å². The lowest BCUT2D eigenvalue weighted by Crippen LogP contribution is -2.07. The Morgan fingerprint density at radius 1 is 1.33 bits per heavy atom. The molecule has 0 radical (unpaired) electrons. The zero-order valence-corrected chi connectivity index (χ0v) is 12.9. The first-order valence-corrected chi connectivity index (χ1v) is 7.15. The fourth-order valence-electron chi connectivity index (χ4n) is 1.71. The fourth-order valence-corrected chi connectivity index (χ4v) is 2.07. The molecule has 0 saturated heterocycles. The minimum atomic E-state index is -0.300. The van der Waals surface area contributed by atoms with Crippen molar-refractivity contribution in [3.63, 3.8) is 0 Å². The number of hydrogen-bond donors (Lipinski definition) is 0. The van der Waals surface area contributed by atoms with E-state index in [-0.39, 0.29) is 22.6 Å². The van der Waals surface area contributed by atoms with E-state index >= 15 is 0 Å². The van der Waals surface area contributed by atoms with Gasteiger partial charge in [-0.15, -0.1) is 0 Å². The standard InChI is InChI=1S/C14H13Cl2N3O2/c1-2-21-11(20)6-5-10-12(15)13(16)19-14(18-10)9-4-3-7-17-8-9/h3-4,7-8H,2,5-6H2,1H3. The number of rotatable bonds is 5. The highest BCUT2D eigenvalue weighted by atomic mass is 35.5. The molecule has 0 N–H and O–H groups in total. The first kappa shape index (κ1) is 15.7. The number of esters is 1. The number of aryl methyl sites for hydroxylation is 1. The number of pyridine rings is 1. The van der Waals surface area contributed by atoms with E-state index in [1.54, 1.807) is 25.4 Å². The minimum absolute atomic E-state index is 0.157. The SMILES string of the molecule is CCOC(=O)CCc1nc(-c2cccnc2)nc(Cl)c1Cl. The second-order valence-electron chi connectivity index (χ2n) is 4.15. The normalized spacial score (nSPS) is 10.4. The van der Waals surface area contributed by atoms with Crippen LogP contribution in [-0.2, 0) is 16.0 Å². The van der Waals surface area contributed by atoms with Gasteiger partial charge in [-0.2, -0.15) is 0 Å². The van der Waals surface area contributed by atoms with E-state index in [0.717, 1.165) is 5.56 Å². The lowest BCUT2D eigenvalue weighted by atomic mass is 10.2. The van der Waals surface area contributed by atoms with Gasteiger partial charge in [0.1, 0.15) is 0 Å². The molecule has 2 aromatic heterocycles. The van der Waals surface area contributed by atoms with Crippen molar-refractivity contribution in [2.45, 2.75) is 19.8 Å². The monoisotopic (exact) mass is 325 g/mol. The maximum atomic E-state index is 11.4. The van der Waals surface area contributed by atoms with Crippen molar-refractivity contribution < 1.29 is 9.53 Å². The van der Waals surface area contributed by atoms with Crippen molar-refractivity contribution in [1.82, 2.24) is 15.0 Å². The number of halogens is 2. The van der Waals surface area contributed by atoms with Crippen molar-refractivity contribution in [2.75, 3.05) is 6.61 Å². The van der Waals surface area contributed by atoms with Gasteiger partial charge < -0.3 is 4.74 Å². The predicted octanol–water partition coefficient (Wildman–Crippen LogP) is 3.34. The Hall–Kier alpha value is -1.72. The molecule has 7 heteroatoms. The first-order valence-electron chi connectivity index (χ1n) is 6.39. The Morgan fingerprint density at radius 2 is 2.14 bits per heavy atom. The molecular formula is C14H13Cl2N3O2. The van der Waals surface area contributed by atoms with Gasteiger partial charge in [0, 0.05) is 24.4 Å². The summed E-state index contributed by atoms with van der Waals surface area (Å²) in [6.45, 7) is 2.10. The molecule has 0 aliphatic carbocycles. The Bertz CT molecular complexity index is 636. The number of ether oxygens (including phenoxy) is 1. The summed E-state index contributed by atoms with van der Waals surface area (Å²) < 4.78 is 4.88. The maximum absolute atomic E-state index is 11.4. The van der Waals surface area contributed by atoms with Crippen molar-refractivity contribution in [3.8, 4) is 11.4 Å². The van der Waals surface area contributed by atoms with Crippen molar-refractivity contribution in [1.29, 1.82) is 0 Å². The molecular weight excluding hydrogens is 313 g/mol. The lowest BCUT2D eigenvalue weighted by molar-refractivity contribution is -0.143. The number of aromatic nitrogens is 3. The second kappa shape index (κ2) is 7.33.